The van der Waals surface area contributed by atoms with Crippen LogP contribution in [-0.4, -0.2) is 13.4 Å². The molecule has 7 heteroatoms. The molecule has 0 bridgehead atoms. The van der Waals surface area contributed by atoms with Crippen LogP contribution >= 0.6 is 11.6 Å². The number of hydrogen-bond acceptors (Lipinski definition) is 4. The molecule has 0 saturated heterocycles. The molecule has 5 nitrogen and oxygen atoms in total. The van der Waals surface area contributed by atoms with Crippen molar-refractivity contribution in [2.45, 2.75) is 18.2 Å². The van der Waals surface area contributed by atoms with Gasteiger partial charge in [-0.25, -0.2) is 18.5 Å². The SMILES string of the molecule is Cc1cc(Cl)ccc1-c1oc(Cc2ccccc2)nc1-c1ccc(S(N)(=O)=O)cc1. The Morgan fingerprint density at radius 2 is 1.70 bits per heavy atom. The average molecular weight is 439 g/mol. The van der Waals surface area contributed by atoms with Crippen molar-refractivity contribution in [1.29, 1.82) is 0 Å². The number of nitrogens with zero attached hydrogens (tertiary/aromatic N) is 1. The van der Waals surface area contributed by atoms with E-state index < -0.39 is 10.0 Å². The summed E-state index contributed by atoms with van der Waals surface area (Å²) in [6.07, 6.45) is 0.537. The topological polar surface area (TPSA) is 86.2 Å². The van der Waals surface area contributed by atoms with E-state index in [1.165, 1.54) is 12.1 Å². The van der Waals surface area contributed by atoms with Crippen LogP contribution in [0.3, 0.4) is 0 Å². The van der Waals surface area contributed by atoms with Crippen LogP contribution in [0.4, 0.5) is 0 Å². The Balaban J connectivity index is 1.83. The zero-order valence-corrected chi connectivity index (χ0v) is 17.7. The molecular weight excluding hydrogens is 420 g/mol. The van der Waals surface area contributed by atoms with Gasteiger partial charge in [0.2, 0.25) is 10.0 Å². The van der Waals surface area contributed by atoms with Crippen LogP contribution in [0.25, 0.3) is 22.6 Å². The molecule has 152 valence electrons. The highest BCUT2D eigenvalue weighted by Crippen LogP contribution is 2.36. The van der Waals surface area contributed by atoms with Crippen molar-refractivity contribution in [3.63, 3.8) is 0 Å². The van der Waals surface area contributed by atoms with E-state index in [-0.39, 0.29) is 4.90 Å². The smallest absolute Gasteiger partial charge is 0.238 e. The third kappa shape index (κ3) is 4.31. The predicted octanol–water partition coefficient (Wildman–Crippen LogP) is 5.21. The van der Waals surface area contributed by atoms with Crippen LogP contribution in [0.2, 0.25) is 5.02 Å². The van der Waals surface area contributed by atoms with Crippen LogP contribution in [-0.2, 0) is 16.4 Å². The molecule has 1 aromatic heterocycles. The van der Waals surface area contributed by atoms with Gasteiger partial charge in [-0.2, -0.15) is 0 Å². The zero-order chi connectivity index (χ0) is 21.3. The first-order chi connectivity index (χ1) is 14.3. The number of hydrogen-bond donors (Lipinski definition) is 1. The van der Waals surface area contributed by atoms with Gasteiger partial charge in [-0.15, -0.1) is 0 Å². The van der Waals surface area contributed by atoms with Gasteiger partial charge in [0, 0.05) is 22.6 Å². The van der Waals surface area contributed by atoms with Gasteiger partial charge in [0.1, 0.15) is 5.69 Å². The quantitative estimate of drug-likeness (QED) is 0.463. The number of benzene rings is 3. The Bertz CT molecular complexity index is 1300. The molecule has 1 heterocycles. The van der Waals surface area contributed by atoms with Gasteiger partial charge < -0.3 is 4.42 Å². The molecule has 0 aliphatic rings. The fourth-order valence-corrected chi connectivity index (χ4v) is 4.02. The number of sulfonamides is 1. The van der Waals surface area contributed by atoms with Gasteiger partial charge in [0.25, 0.3) is 0 Å². The summed E-state index contributed by atoms with van der Waals surface area (Å²) in [5, 5.41) is 5.85. The lowest BCUT2D eigenvalue weighted by Crippen LogP contribution is -2.11. The number of primary sulfonamides is 1. The monoisotopic (exact) mass is 438 g/mol. The van der Waals surface area contributed by atoms with Gasteiger partial charge in [0.15, 0.2) is 11.7 Å². The van der Waals surface area contributed by atoms with E-state index in [1.807, 2.05) is 49.4 Å². The summed E-state index contributed by atoms with van der Waals surface area (Å²) in [5.74, 6) is 1.18. The standard InChI is InChI=1S/C23H19ClN2O3S/c1-15-13-18(24)9-12-20(15)23-22(17-7-10-19(11-8-17)30(25,27)28)26-21(29-23)14-16-5-3-2-4-6-16/h2-13H,14H2,1H3,(H2,25,27,28). The van der Waals surface area contributed by atoms with Crippen LogP contribution in [0.15, 0.2) is 82.1 Å². The van der Waals surface area contributed by atoms with E-state index in [0.29, 0.717) is 28.8 Å². The molecule has 0 aliphatic heterocycles. The minimum Gasteiger partial charge on any atom is -0.440 e. The van der Waals surface area contributed by atoms with Crippen LogP contribution in [0, 0.1) is 6.92 Å². The second kappa shape index (κ2) is 8.07. The normalized spacial score (nSPS) is 11.6. The van der Waals surface area contributed by atoms with Crippen molar-refractivity contribution in [3.05, 3.63) is 94.8 Å². The Morgan fingerprint density at radius 1 is 1.00 bits per heavy atom. The summed E-state index contributed by atoms with van der Waals surface area (Å²) < 4.78 is 29.3. The van der Waals surface area contributed by atoms with Crippen molar-refractivity contribution in [3.8, 4) is 22.6 Å². The summed E-state index contributed by atoms with van der Waals surface area (Å²) in [5.41, 5.74) is 4.26. The second-order valence-electron chi connectivity index (χ2n) is 6.98. The molecule has 0 spiro atoms. The highest BCUT2D eigenvalue weighted by Gasteiger charge is 2.19. The molecule has 30 heavy (non-hydrogen) atoms. The minimum absolute atomic E-state index is 0.0449. The average Bonchev–Trinajstić information content (AvgIpc) is 3.11. The third-order valence-corrected chi connectivity index (χ3v) is 5.92. The zero-order valence-electron chi connectivity index (χ0n) is 16.2. The Kier molecular flexibility index (Phi) is 5.47. The molecule has 0 amide bonds. The van der Waals surface area contributed by atoms with E-state index in [9.17, 15) is 8.42 Å². The lowest BCUT2D eigenvalue weighted by molar-refractivity contribution is 0.519. The first kappa shape index (κ1) is 20.3. The fraction of sp³-hybridized carbons (Fsp3) is 0.0870. The molecule has 4 rings (SSSR count). The number of aromatic nitrogens is 1. The van der Waals surface area contributed by atoms with Crippen molar-refractivity contribution in [2.75, 3.05) is 0 Å². The third-order valence-electron chi connectivity index (χ3n) is 4.76. The number of aryl methyl sites for hydroxylation is 1. The Hall–Kier alpha value is -2.93. The minimum atomic E-state index is -3.77. The first-order valence-electron chi connectivity index (χ1n) is 9.24. The van der Waals surface area contributed by atoms with Crippen molar-refractivity contribution >= 4 is 21.6 Å². The second-order valence-corrected chi connectivity index (χ2v) is 8.97. The molecular formula is C23H19ClN2O3S. The number of halogens is 1. The summed E-state index contributed by atoms with van der Waals surface area (Å²) >= 11 is 6.12. The summed E-state index contributed by atoms with van der Waals surface area (Å²) in [6, 6.07) is 21.8. The summed E-state index contributed by atoms with van der Waals surface area (Å²) in [6.45, 7) is 1.95. The summed E-state index contributed by atoms with van der Waals surface area (Å²) in [4.78, 5) is 4.77. The number of rotatable bonds is 5. The van der Waals surface area contributed by atoms with Crippen LogP contribution in [0.5, 0.6) is 0 Å². The number of nitrogens with two attached hydrogens (primary N) is 1. The Morgan fingerprint density at radius 3 is 2.33 bits per heavy atom. The van der Waals surface area contributed by atoms with Gasteiger partial charge in [-0.1, -0.05) is 54.1 Å². The maximum Gasteiger partial charge on any atom is 0.238 e. The molecule has 0 aliphatic carbocycles. The lowest BCUT2D eigenvalue weighted by atomic mass is 10.0. The Labute approximate surface area is 180 Å². The molecule has 0 atom stereocenters. The van der Waals surface area contributed by atoms with Crippen LogP contribution in [0.1, 0.15) is 17.0 Å². The largest absolute Gasteiger partial charge is 0.440 e. The maximum absolute atomic E-state index is 11.6. The highest BCUT2D eigenvalue weighted by molar-refractivity contribution is 7.89. The molecule has 0 radical (unpaired) electrons. The van der Waals surface area contributed by atoms with Gasteiger partial charge in [-0.05, 0) is 48.4 Å². The maximum atomic E-state index is 11.6. The van der Waals surface area contributed by atoms with Crippen molar-refractivity contribution < 1.29 is 12.8 Å². The van der Waals surface area contributed by atoms with E-state index in [2.05, 4.69) is 0 Å². The van der Waals surface area contributed by atoms with Crippen molar-refractivity contribution in [1.82, 2.24) is 4.98 Å². The summed E-state index contributed by atoms with van der Waals surface area (Å²) in [7, 11) is -3.77. The lowest BCUT2D eigenvalue weighted by Gasteiger charge is -2.06. The molecule has 2 N–H and O–H groups in total. The van der Waals surface area contributed by atoms with E-state index in [4.69, 9.17) is 26.1 Å². The molecule has 0 unspecified atom stereocenters. The van der Waals surface area contributed by atoms with E-state index >= 15 is 0 Å². The van der Waals surface area contributed by atoms with E-state index in [0.717, 1.165) is 22.3 Å². The van der Waals surface area contributed by atoms with Crippen LogP contribution < -0.4 is 5.14 Å². The van der Waals surface area contributed by atoms with E-state index in [1.54, 1.807) is 18.2 Å². The molecule has 4 aromatic rings. The van der Waals surface area contributed by atoms with Gasteiger partial charge in [0.05, 0.1) is 4.90 Å². The van der Waals surface area contributed by atoms with Gasteiger partial charge >= 0.3 is 0 Å². The molecule has 3 aromatic carbocycles. The molecule has 0 saturated carbocycles. The fourth-order valence-electron chi connectivity index (χ4n) is 3.27. The predicted molar refractivity (Wildman–Crippen MR) is 118 cm³/mol. The van der Waals surface area contributed by atoms with Gasteiger partial charge in [-0.3, -0.25) is 0 Å². The first-order valence-corrected chi connectivity index (χ1v) is 11.2. The van der Waals surface area contributed by atoms with Crippen molar-refractivity contribution in [2.24, 2.45) is 5.14 Å². The highest BCUT2D eigenvalue weighted by atomic mass is 35.5. The number of oxazole rings is 1. The molecule has 0 fully saturated rings.